The predicted octanol–water partition coefficient (Wildman–Crippen LogP) is 4.33. The lowest BCUT2D eigenvalue weighted by molar-refractivity contribution is 0.564. The first-order chi connectivity index (χ1) is 9.16. The summed E-state index contributed by atoms with van der Waals surface area (Å²) in [6.45, 7) is 4.24. The average molecular weight is 275 g/mol. The number of nitrogen functional groups attached to an aromatic ring is 1. The van der Waals surface area contributed by atoms with Crippen molar-refractivity contribution in [3.8, 4) is 0 Å². The number of aryl methyl sites for hydroxylation is 2. The van der Waals surface area contributed by atoms with Gasteiger partial charge in [0.2, 0.25) is 0 Å². The van der Waals surface area contributed by atoms with Gasteiger partial charge in [0.1, 0.15) is 16.5 Å². The van der Waals surface area contributed by atoms with Gasteiger partial charge in [0.15, 0.2) is 0 Å². The summed E-state index contributed by atoms with van der Waals surface area (Å²) in [5, 5.41) is 1.07. The lowest BCUT2D eigenvalue weighted by Gasteiger charge is -2.13. The molecule has 2 aromatic rings. The van der Waals surface area contributed by atoms with Crippen molar-refractivity contribution >= 4 is 27.4 Å². The van der Waals surface area contributed by atoms with Crippen LogP contribution in [0.3, 0.4) is 0 Å². The molecule has 3 rings (SSSR count). The molecule has 0 atom stereocenters. The molecule has 4 heteroatoms. The second-order valence-electron chi connectivity index (χ2n) is 5.62. The Morgan fingerprint density at radius 1 is 1.05 bits per heavy atom. The minimum atomic E-state index is 0.511. The lowest BCUT2D eigenvalue weighted by atomic mass is 9.99. The van der Waals surface area contributed by atoms with Gasteiger partial charge in [-0.1, -0.05) is 25.7 Å². The van der Waals surface area contributed by atoms with E-state index in [0.29, 0.717) is 11.7 Å². The van der Waals surface area contributed by atoms with Gasteiger partial charge in [0, 0.05) is 10.8 Å². The van der Waals surface area contributed by atoms with E-state index in [1.807, 2.05) is 0 Å². The Hall–Kier alpha value is -1.16. The van der Waals surface area contributed by atoms with E-state index in [-0.39, 0.29) is 0 Å². The molecular weight excluding hydrogens is 254 g/mol. The summed E-state index contributed by atoms with van der Waals surface area (Å²) in [5.41, 5.74) is 7.41. The molecular formula is C15H21N3S. The van der Waals surface area contributed by atoms with Crippen LogP contribution in [0.25, 0.3) is 10.2 Å². The Bertz CT molecular complexity index is 595. The summed E-state index contributed by atoms with van der Waals surface area (Å²) in [6.07, 6.45) is 7.74. The molecule has 0 bridgehead atoms. The van der Waals surface area contributed by atoms with E-state index in [0.717, 1.165) is 16.0 Å². The maximum Gasteiger partial charge on any atom is 0.136 e. The smallest absolute Gasteiger partial charge is 0.136 e. The monoisotopic (exact) mass is 275 g/mol. The van der Waals surface area contributed by atoms with Gasteiger partial charge in [-0.25, -0.2) is 9.97 Å². The van der Waals surface area contributed by atoms with Gasteiger partial charge in [-0.2, -0.15) is 0 Å². The molecule has 102 valence electrons. The van der Waals surface area contributed by atoms with Crippen molar-refractivity contribution in [1.29, 1.82) is 0 Å². The summed E-state index contributed by atoms with van der Waals surface area (Å²) >= 11 is 1.75. The van der Waals surface area contributed by atoms with Crippen molar-refractivity contribution in [1.82, 2.24) is 9.97 Å². The molecule has 0 aromatic carbocycles. The highest BCUT2D eigenvalue weighted by Gasteiger charge is 2.20. The lowest BCUT2D eigenvalue weighted by Crippen LogP contribution is -2.06. The Labute approximate surface area is 118 Å². The quantitative estimate of drug-likeness (QED) is 0.788. The maximum atomic E-state index is 6.17. The summed E-state index contributed by atoms with van der Waals surface area (Å²) in [4.78, 5) is 11.8. The van der Waals surface area contributed by atoms with Crippen LogP contribution in [0.4, 0.5) is 5.82 Å². The standard InChI is InChI=1S/C15H21N3S/c1-9-10(2)19-15-12(9)13(16)17-14(18-15)11-7-5-3-4-6-8-11/h11H,3-8H2,1-2H3,(H2,16,17,18). The van der Waals surface area contributed by atoms with Crippen molar-refractivity contribution in [3.05, 3.63) is 16.3 Å². The number of nitrogens with two attached hydrogens (primary N) is 1. The zero-order valence-corrected chi connectivity index (χ0v) is 12.5. The highest BCUT2D eigenvalue weighted by atomic mass is 32.1. The maximum absolute atomic E-state index is 6.17. The number of hydrogen-bond acceptors (Lipinski definition) is 4. The van der Waals surface area contributed by atoms with Crippen molar-refractivity contribution in [2.24, 2.45) is 0 Å². The van der Waals surface area contributed by atoms with Crippen molar-refractivity contribution in [2.75, 3.05) is 5.73 Å². The summed E-state index contributed by atoms with van der Waals surface area (Å²) in [7, 11) is 0. The van der Waals surface area contributed by atoms with Crippen molar-refractivity contribution < 1.29 is 0 Å². The van der Waals surface area contributed by atoms with Crippen LogP contribution in [0.1, 0.15) is 60.7 Å². The average Bonchev–Trinajstić information content (AvgIpc) is 2.60. The Balaban J connectivity index is 2.05. The number of thiophene rings is 1. The molecule has 2 heterocycles. The highest BCUT2D eigenvalue weighted by molar-refractivity contribution is 7.18. The molecule has 3 nitrogen and oxygen atoms in total. The fourth-order valence-corrected chi connectivity index (χ4v) is 4.06. The number of fused-ring (bicyclic) bond motifs is 1. The van der Waals surface area contributed by atoms with E-state index in [9.17, 15) is 0 Å². The SMILES string of the molecule is Cc1sc2nc(C3CCCCCC3)nc(N)c2c1C. The van der Waals surface area contributed by atoms with Gasteiger partial charge < -0.3 is 5.73 Å². The molecule has 1 saturated carbocycles. The van der Waals surface area contributed by atoms with Gasteiger partial charge >= 0.3 is 0 Å². The van der Waals surface area contributed by atoms with Gasteiger partial charge in [0.25, 0.3) is 0 Å². The molecule has 2 aromatic heterocycles. The number of nitrogens with zero attached hydrogens (tertiary/aromatic N) is 2. The van der Waals surface area contributed by atoms with Gasteiger partial charge in [-0.05, 0) is 32.3 Å². The first-order valence-corrected chi connectivity index (χ1v) is 8.01. The molecule has 0 aliphatic heterocycles. The number of rotatable bonds is 1. The molecule has 0 unspecified atom stereocenters. The molecule has 0 amide bonds. The minimum absolute atomic E-state index is 0.511. The summed E-state index contributed by atoms with van der Waals surface area (Å²) < 4.78 is 0. The van der Waals surface area contributed by atoms with E-state index >= 15 is 0 Å². The second kappa shape index (κ2) is 5.08. The summed E-state index contributed by atoms with van der Waals surface area (Å²) in [5.74, 6) is 2.16. The Morgan fingerprint density at radius 3 is 2.42 bits per heavy atom. The van der Waals surface area contributed by atoms with Crippen LogP contribution in [-0.4, -0.2) is 9.97 Å². The largest absolute Gasteiger partial charge is 0.383 e. The van der Waals surface area contributed by atoms with Crippen LogP contribution >= 0.6 is 11.3 Å². The number of aromatic nitrogens is 2. The second-order valence-corrected chi connectivity index (χ2v) is 6.82. The van der Waals surface area contributed by atoms with Crippen LogP contribution < -0.4 is 5.73 Å². The van der Waals surface area contributed by atoms with Gasteiger partial charge in [-0.15, -0.1) is 11.3 Å². The first kappa shape index (κ1) is 12.9. The van der Waals surface area contributed by atoms with Crippen LogP contribution in [0, 0.1) is 13.8 Å². The molecule has 2 N–H and O–H groups in total. The number of hydrogen-bond donors (Lipinski definition) is 1. The third-order valence-electron chi connectivity index (χ3n) is 4.29. The molecule has 0 saturated heterocycles. The zero-order valence-electron chi connectivity index (χ0n) is 11.7. The van der Waals surface area contributed by atoms with E-state index < -0.39 is 0 Å². The third-order valence-corrected chi connectivity index (χ3v) is 5.40. The topological polar surface area (TPSA) is 51.8 Å². The van der Waals surface area contributed by atoms with E-state index in [1.165, 1.54) is 49.0 Å². The van der Waals surface area contributed by atoms with Crippen LogP contribution in [0.2, 0.25) is 0 Å². The van der Waals surface area contributed by atoms with Crippen LogP contribution in [-0.2, 0) is 0 Å². The first-order valence-electron chi connectivity index (χ1n) is 7.20. The molecule has 1 fully saturated rings. The predicted molar refractivity (Wildman–Crippen MR) is 81.7 cm³/mol. The number of anilines is 1. The van der Waals surface area contributed by atoms with E-state index in [1.54, 1.807) is 11.3 Å². The molecule has 19 heavy (non-hydrogen) atoms. The summed E-state index contributed by atoms with van der Waals surface area (Å²) in [6, 6.07) is 0. The molecule has 0 radical (unpaired) electrons. The molecule has 0 spiro atoms. The third kappa shape index (κ3) is 2.34. The van der Waals surface area contributed by atoms with Crippen molar-refractivity contribution in [3.63, 3.8) is 0 Å². The van der Waals surface area contributed by atoms with Gasteiger partial charge in [0.05, 0.1) is 5.39 Å². The fraction of sp³-hybridized carbons (Fsp3) is 0.600. The molecule has 1 aliphatic carbocycles. The Morgan fingerprint density at radius 2 is 1.74 bits per heavy atom. The zero-order chi connectivity index (χ0) is 13.4. The van der Waals surface area contributed by atoms with Crippen LogP contribution in [0.5, 0.6) is 0 Å². The minimum Gasteiger partial charge on any atom is -0.383 e. The highest BCUT2D eigenvalue weighted by Crippen LogP contribution is 2.35. The normalized spacial score (nSPS) is 17.8. The van der Waals surface area contributed by atoms with Crippen molar-refractivity contribution in [2.45, 2.75) is 58.3 Å². The van der Waals surface area contributed by atoms with Crippen LogP contribution in [0.15, 0.2) is 0 Å². The van der Waals surface area contributed by atoms with E-state index in [2.05, 4.69) is 18.8 Å². The van der Waals surface area contributed by atoms with E-state index in [4.69, 9.17) is 10.7 Å². The fourth-order valence-electron chi connectivity index (χ4n) is 3.02. The van der Waals surface area contributed by atoms with Gasteiger partial charge in [-0.3, -0.25) is 0 Å². The Kier molecular flexibility index (Phi) is 3.44. The molecule has 1 aliphatic rings.